The van der Waals surface area contributed by atoms with E-state index in [4.69, 9.17) is 5.84 Å². The Morgan fingerprint density at radius 3 is 2.69 bits per heavy atom. The van der Waals surface area contributed by atoms with Gasteiger partial charge in [0.2, 0.25) is 0 Å². The molecule has 68 valence electrons. The molecule has 3 heteroatoms. The zero-order chi connectivity index (χ0) is 9.42. The van der Waals surface area contributed by atoms with Gasteiger partial charge in [-0.05, 0) is 24.3 Å². The molecule has 0 saturated heterocycles. The summed E-state index contributed by atoms with van der Waals surface area (Å²) in [5, 5.41) is 1.17. The maximum atomic E-state index is 5.71. The molecular formula is C10H13N3. The monoisotopic (exact) mass is 175 g/mol. The Balaban J connectivity index is 2.63. The summed E-state index contributed by atoms with van der Waals surface area (Å²) in [7, 11) is 4.06. The van der Waals surface area contributed by atoms with Crippen LogP contribution in [0, 0.1) is 0 Å². The van der Waals surface area contributed by atoms with E-state index in [1.807, 2.05) is 32.4 Å². The highest BCUT2D eigenvalue weighted by Crippen LogP contribution is 2.20. The van der Waals surface area contributed by atoms with Crippen molar-refractivity contribution in [2.24, 2.45) is 0 Å². The number of benzene rings is 1. The minimum atomic E-state index is 1.06. The smallest absolute Gasteiger partial charge is 0.0691 e. The largest absolute Gasteiger partial charge is 0.378 e. The van der Waals surface area contributed by atoms with Crippen molar-refractivity contribution in [1.82, 2.24) is 4.68 Å². The lowest BCUT2D eigenvalue weighted by Gasteiger charge is -2.12. The van der Waals surface area contributed by atoms with E-state index >= 15 is 0 Å². The minimum absolute atomic E-state index is 1.06. The van der Waals surface area contributed by atoms with Crippen LogP contribution >= 0.6 is 0 Å². The van der Waals surface area contributed by atoms with Crippen LogP contribution in [-0.2, 0) is 0 Å². The predicted octanol–water partition coefficient (Wildman–Crippen LogP) is 1.42. The van der Waals surface area contributed by atoms with Crippen LogP contribution in [0.5, 0.6) is 0 Å². The number of fused-ring (bicyclic) bond motifs is 1. The molecule has 0 unspecified atom stereocenters. The number of hydrogen-bond acceptors (Lipinski definition) is 2. The quantitative estimate of drug-likeness (QED) is 0.665. The number of nitrogen functional groups attached to an aromatic ring is 1. The molecule has 0 spiro atoms. The molecular weight excluding hydrogens is 162 g/mol. The van der Waals surface area contributed by atoms with Crippen molar-refractivity contribution in [2.75, 3.05) is 24.8 Å². The molecule has 2 aromatic rings. The second-order valence-electron chi connectivity index (χ2n) is 3.36. The molecule has 0 saturated carbocycles. The maximum absolute atomic E-state index is 5.71. The third-order valence-electron chi connectivity index (χ3n) is 2.22. The second kappa shape index (κ2) is 2.69. The van der Waals surface area contributed by atoms with Crippen LogP contribution in [0.1, 0.15) is 0 Å². The van der Waals surface area contributed by atoms with Crippen molar-refractivity contribution in [3.63, 3.8) is 0 Å². The predicted molar refractivity (Wildman–Crippen MR) is 56.4 cm³/mol. The van der Waals surface area contributed by atoms with Crippen LogP contribution in [0.25, 0.3) is 10.9 Å². The van der Waals surface area contributed by atoms with E-state index < -0.39 is 0 Å². The first-order valence-electron chi connectivity index (χ1n) is 4.22. The van der Waals surface area contributed by atoms with Crippen molar-refractivity contribution in [1.29, 1.82) is 0 Å². The summed E-state index contributed by atoms with van der Waals surface area (Å²) in [6.45, 7) is 0. The van der Waals surface area contributed by atoms with Gasteiger partial charge >= 0.3 is 0 Å². The molecule has 2 rings (SSSR count). The van der Waals surface area contributed by atoms with Crippen molar-refractivity contribution >= 4 is 16.6 Å². The van der Waals surface area contributed by atoms with Crippen LogP contribution in [0.15, 0.2) is 30.5 Å². The number of nitrogens with two attached hydrogens (primary N) is 1. The van der Waals surface area contributed by atoms with Crippen molar-refractivity contribution in [3.05, 3.63) is 30.5 Å². The highest BCUT2D eigenvalue weighted by molar-refractivity contribution is 5.83. The summed E-state index contributed by atoms with van der Waals surface area (Å²) in [5.41, 5.74) is 2.25. The second-order valence-corrected chi connectivity index (χ2v) is 3.36. The number of aromatic nitrogens is 1. The molecule has 13 heavy (non-hydrogen) atoms. The van der Waals surface area contributed by atoms with E-state index in [-0.39, 0.29) is 0 Å². The van der Waals surface area contributed by atoms with Crippen LogP contribution < -0.4 is 10.7 Å². The van der Waals surface area contributed by atoms with Gasteiger partial charge in [-0.2, -0.15) is 0 Å². The number of nitrogens with zero attached hydrogens (tertiary/aromatic N) is 2. The summed E-state index contributed by atoms with van der Waals surface area (Å²) in [6, 6.07) is 8.23. The van der Waals surface area contributed by atoms with Gasteiger partial charge < -0.3 is 10.7 Å². The molecule has 1 aromatic heterocycles. The lowest BCUT2D eigenvalue weighted by Crippen LogP contribution is -2.08. The highest BCUT2D eigenvalue weighted by Gasteiger charge is 2.00. The van der Waals surface area contributed by atoms with Gasteiger partial charge in [0.25, 0.3) is 0 Å². The van der Waals surface area contributed by atoms with E-state index in [9.17, 15) is 0 Å². The number of anilines is 1. The van der Waals surface area contributed by atoms with E-state index in [0.717, 1.165) is 5.52 Å². The molecule has 0 atom stereocenters. The molecule has 1 aromatic carbocycles. The standard InChI is InChI=1S/C10H13N3/c1-12(2)9-3-4-10-8(7-9)5-6-13(10)11/h3-7H,11H2,1-2H3. The Bertz CT molecular complexity index is 429. The summed E-state index contributed by atoms with van der Waals surface area (Å²) >= 11 is 0. The first-order chi connectivity index (χ1) is 6.18. The minimum Gasteiger partial charge on any atom is -0.378 e. The lowest BCUT2D eigenvalue weighted by atomic mass is 10.2. The molecule has 0 aliphatic rings. The Labute approximate surface area is 77.3 Å². The third-order valence-corrected chi connectivity index (χ3v) is 2.22. The van der Waals surface area contributed by atoms with E-state index in [2.05, 4.69) is 17.0 Å². The van der Waals surface area contributed by atoms with Crippen molar-refractivity contribution < 1.29 is 0 Å². The first-order valence-corrected chi connectivity index (χ1v) is 4.22. The van der Waals surface area contributed by atoms with Gasteiger partial charge in [-0.1, -0.05) is 0 Å². The summed E-state index contributed by atoms with van der Waals surface area (Å²) in [4.78, 5) is 2.08. The highest BCUT2D eigenvalue weighted by atomic mass is 15.3. The van der Waals surface area contributed by atoms with Gasteiger partial charge in [-0.15, -0.1) is 0 Å². The molecule has 0 amide bonds. The average molecular weight is 175 g/mol. The Hall–Kier alpha value is -1.64. The topological polar surface area (TPSA) is 34.2 Å². The van der Waals surface area contributed by atoms with Crippen molar-refractivity contribution in [2.45, 2.75) is 0 Å². The van der Waals surface area contributed by atoms with Gasteiger partial charge in [0, 0.05) is 31.4 Å². The van der Waals surface area contributed by atoms with Crippen LogP contribution in [0.4, 0.5) is 5.69 Å². The van der Waals surface area contributed by atoms with Crippen molar-refractivity contribution in [3.8, 4) is 0 Å². The van der Waals surface area contributed by atoms with Crippen LogP contribution in [0.2, 0.25) is 0 Å². The van der Waals surface area contributed by atoms with E-state index in [1.165, 1.54) is 11.1 Å². The molecule has 0 radical (unpaired) electrons. The Morgan fingerprint density at radius 2 is 2.00 bits per heavy atom. The SMILES string of the molecule is CN(C)c1ccc2c(ccn2N)c1. The summed E-state index contributed by atoms with van der Waals surface area (Å²) in [5.74, 6) is 5.71. The van der Waals surface area contributed by atoms with E-state index in [0.29, 0.717) is 0 Å². The van der Waals surface area contributed by atoms with Gasteiger partial charge in [-0.3, -0.25) is 4.68 Å². The van der Waals surface area contributed by atoms with Crippen LogP contribution in [0.3, 0.4) is 0 Å². The molecule has 0 aliphatic carbocycles. The molecule has 2 N–H and O–H groups in total. The Morgan fingerprint density at radius 1 is 1.23 bits per heavy atom. The van der Waals surface area contributed by atoms with E-state index in [1.54, 1.807) is 4.68 Å². The fourth-order valence-electron chi connectivity index (χ4n) is 1.43. The Kier molecular flexibility index (Phi) is 1.65. The number of rotatable bonds is 1. The van der Waals surface area contributed by atoms with Gasteiger partial charge in [0.1, 0.15) is 0 Å². The molecule has 0 fully saturated rings. The molecule has 0 aliphatic heterocycles. The fourth-order valence-corrected chi connectivity index (χ4v) is 1.43. The fraction of sp³-hybridized carbons (Fsp3) is 0.200. The molecule has 3 nitrogen and oxygen atoms in total. The van der Waals surface area contributed by atoms with Crippen LogP contribution in [-0.4, -0.2) is 18.8 Å². The molecule has 1 heterocycles. The zero-order valence-electron chi connectivity index (χ0n) is 7.86. The zero-order valence-corrected chi connectivity index (χ0v) is 7.86. The molecule has 0 bridgehead atoms. The average Bonchev–Trinajstić information content (AvgIpc) is 2.47. The van der Waals surface area contributed by atoms with Gasteiger partial charge in [0.15, 0.2) is 0 Å². The third kappa shape index (κ3) is 1.22. The maximum Gasteiger partial charge on any atom is 0.0691 e. The lowest BCUT2D eigenvalue weighted by molar-refractivity contribution is 1.07. The summed E-state index contributed by atoms with van der Waals surface area (Å²) < 4.78 is 1.63. The summed E-state index contributed by atoms with van der Waals surface area (Å²) in [6.07, 6.45) is 1.87. The van der Waals surface area contributed by atoms with Gasteiger partial charge in [-0.25, -0.2) is 0 Å². The first kappa shape index (κ1) is 7.98. The number of hydrogen-bond donors (Lipinski definition) is 1. The normalized spacial score (nSPS) is 10.6. The van der Waals surface area contributed by atoms with Gasteiger partial charge in [0.05, 0.1) is 5.52 Å².